The topological polar surface area (TPSA) is 15.3 Å². The van der Waals surface area contributed by atoms with E-state index in [0.717, 1.165) is 12.1 Å². The summed E-state index contributed by atoms with van der Waals surface area (Å²) in [6.45, 7) is 4.94. The van der Waals surface area contributed by atoms with E-state index in [2.05, 4.69) is 17.1 Å². The Morgan fingerprint density at radius 3 is 2.53 bits per heavy atom. The van der Waals surface area contributed by atoms with Crippen molar-refractivity contribution in [3.8, 4) is 0 Å². The van der Waals surface area contributed by atoms with E-state index in [9.17, 15) is 0 Å². The second-order valence-corrected chi connectivity index (χ2v) is 5.97. The van der Waals surface area contributed by atoms with Gasteiger partial charge in [-0.05, 0) is 32.6 Å². The molecule has 0 aromatic carbocycles. The van der Waals surface area contributed by atoms with Gasteiger partial charge < -0.3 is 5.32 Å². The maximum absolute atomic E-state index is 3.86. The van der Waals surface area contributed by atoms with E-state index < -0.39 is 0 Å². The third-order valence-corrected chi connectivity index (χ3v) is 4.65. The van der Waals surface area contributed by atoms with Gasteiger partial charge in [0.2, 0.25) is 0 Å². The van der Waals surface area contributed by atoms with E-state index in [1.807, 2.05) is 0 Å². The van der Waals surface area contributed by atoms with Crippen molar-refractivity contribution in [3.05, 3.63) is 0 Å². The quantitative estimate of drug-likeness (QED) is 0.710. The summed E-state index contributed by atoms with van der Waals surface area (Å²) in [5.74, 6) is 0. The van der Waals surface area contributed by atoms with Gasteiger partial charge in [-0.25, -0.2) is 0 Å². The van der Waals surface area contributed by atoms with Gasteiger partial charge in [-0.15, -0.1) is 0 Å². The number of hydrogen-bond donors (Lipinski definition) is 1. The lowest BCUT2D eigenvalue weighted by Gasteiger charge is -2.49. The third kappa shape index (κ3) is 1.94. The molecule has 0 radical (unpaired) electrons. The highest BCUT2D eigenvalue weighted by molar-refractivity contribution is 5.02. The van der Waals surface area contributed by atoms with Crippen LogP contribution in [-0.4, -0.2) is 35.6 Å². The molecular weight excluding hydrogens is 184 g/mol. The van der Waals surface area contributed by atoms with Crippen LogP contribution < -0.4 is 5.32 Å². The smallest absolute Gasteiger partial charge is 0.0309 e. The Hall–Kier alpha value is -0.0800. The molecule has 1 unspecified atom stereocenters. The van der Waals surface area contributed by atoms with Crippen molar-refractivity contribution in [1.29, 1.82) is 0 Å². The lowest BCUT2D eigenvalue weighted by atomic mass is 9.79. The number of nitrogens with zero attached hydrogens (tertiary/aromatic N) is 1. The van der Waals surface area contributed by atoms with Crippen LogP contribution in [0.15, 0.2) is 0 Å². The molecule has 0 bridgehead atoms. The predicted molar refractivity (Wildman–Crippen MR) is 63.0 cm³/mol. The number of piperazine rings is 1. The largest absolute Gasteiger partial charge is 0.308 e. The van der Waals surface area contributed by atoms with Gasteiger partial charge in [-0.1, -0.05) is 19.3 Å². The Bertz CT molecular complexity index is 229. The zero-order chi connectivity index (χ0) is 10.3. The average molecular weight is 208 g/mol. The van der Waals surface area contributed by atoms with Crippen molar-refractivity contribution in [2.75, 3.05) is 13.1 Å². The molecule has 3 aliphatic rings. The molecular formula is C13H24N2. The Morgan fingerprint density at radius 1 is 1.13 bits per heavy atom. The van der Waals surface area contributed by atoms with Crippen LogP contribution in [0.4, 0.5) is 0 Å². The maximum Gasteiger partial charge on any atom is 0.0309 e. The highest BCUT2D eigenvalue weighted by Crippen LogP contribution is 2.36. The first-order chi connectivity index (χ1) is 7.29. The van der Waals surface area contributed by atoms with Crippen LogP contribution in [-0.2, 0) is 0 Å². The van der Waals surface area contributed by atoms with Crippen LogP contribution in [0, 0.1) is 0 Å². The minimum absolute atomic E-state index is 0.507. The molecule has 2 aliphatic carbocycles. The zero-order valence-electron chi connectivity index (χ0n) is 9.97. The lowest BCUT2D eigenvalue weighted by molar-refractivity contribution is 0.0569. The molecule has 0 aromatic heterocycles. The van der Waals surface area contributed by atoms with Crippen molar-refractivity contribution < 1.29 is 0 Å². The minimum atomic E-state index is 0.507. The molecule has 2 saturated carbocycles. The van der Waals surface area contributed by atoms with Crippen LogP contribution in [0.25, 0.3) is 0 Å². The fraction of sp³-hybridized carbons (Fsp3) is 1.00. The van der Waals surface area contributed by atoms with Crippen LogP contribution in [0.5, 0.6) is 0 Å². The molecule has 3 fully saturated rings. The summed E-state index contributed by atoms with van der Waals surface area (Å²) in [5, 5.41) is 3.86. The van der Waals surface area contributed by atoms with Crippen molar-refractivity contribution >= 4 is 0 Å². The van der Waals surface area contributed by atoms with Crippen molar-refractivity contribution in [2.24, 2.45) is 0 Å². The monoisotopic (exact) mass is 208 g/mol. The Morgan fingerprint density at radius 2 is 1.87 bits per heavy atom. The molecule has 0 aromatic rings. The van der Waals surface area contributed by atoms with E-state index in [4.69, 9.17) is 0 Å². The second-order valence-electron chi connectivity index (χ2n) is 5.97. The Balaban J connectivity index is 1.69. The van der Waals surface area contributed by atoms with Gasteiger partial charge in [-0.3, -0.25) is 4.90 Å². The fourth-order valence-corrected chi connectivity index (χ4v) is 3.50. The fourth-order valence-electron chi connectivity index (χ4n) is 3.50. The summed E-state index contributed by atoms with van der Waals surface area (Å²) < 4.78 is 0. The highest BCUT2D eigenvalue weighted by atomic mass is 15.3. The van der Waals surface area contributed by atoms with E-state index >= 15 is 0 Å². The van der Waals surface area contributed by atoms with Gasteiger partial charge >= 0.3 is 0 Å². The average Bonchev–Trinajstić information content (AvgIpc) is 3.07. The summed E-state index contributed by atoms with van der Waals surface area (Å²) >= 11 is 0. The van der Waals surface area contributed by atoms with E-state index in [1.54, 1.807) is 0 Å². The maximum atomic E-state index is 3.86. The number of rotatable bonds is 1. The van der Waals surface area contributed by atoms with Gasteiger partial charge in [0.25, 0.3) is 0 Å². The van der Waals surface area contributed by atoms with Gasteiger partial charge in [0.1, 0.15) is 0 Å². The van der Waals surface area contributed by atoms with Crippen LogP contribution in [0.2, 0.25) is 0 Å². The molecule has 1 heterocycles. The molecule has 2 heteroatoms. The Kier molecular flexibility index (Phi) is 2.52. The van der Waals surface area contributed by atoms with Crippen LogP contribution in [0.1, 0.15) is 51.9 Å². The molecule has 3 rings (SSSR count). The van der Waals surface area contributed by atoms with Gasteiger partial charge in [-0.2, -0.15) is 0 Å². The van der Waals surface area contributed by atoms with Crippen LogP contribution >= 0.6 is 0 Å². The molecule has 1 atom stereocenters. The summed E-state index contributed by atoms with van der Waals surface area (Å²) in [5.41, 5.74) is 0.507. The molecule has 1 saturated heterocycles. The summed E-state index contributed by atoms with van der Waals surface area (Å²) in [4.78, 5) is 2.79. The summed E-state index contributed by atoms with van der Waals surface area (Å²) in [7, 11) is 0. The SMILES string of the molecule is CC1CNC2(CCCCC2)CN1C1CC1. The first-order valence-corrected chi connectivity index (χ1v) is 6.80. The Labute approximate surface area is 93.4 Å². The van der Waals surface area contributed by atoms with Crippen molar-refractivity contribution in [1.82, 2.24) is 10.2 Å². The van der Waals surface area contributed by atoms with Crippen molar-refractivity contribution in [2.45, 2.75) is 69.5 Å². The minimum Gasteiger partial charge on any atom is -0.308 e. The van der Waals surface area contributed by atoms with Gasteiger partial charge in [0.15, 0.2) is 0 Å². The highest BCUT2D eigenvalue weighted by Gasteiger charge is 2.43. The van der Waals surface area contributed by atoms with Gasteiger partial charge in [0.05, 0.1) is 0 Å². The molecule has 15 heavy (non-hydrogen) atoms. The molecule has 1 spiro atoms. The second kappa shape index (κ2) is 3.74. The first kappa shape index (κ1) is 10.1. The normalized spacial score (nSPS) is 37.0. The molecule has 2 nitrogen and oxygen atoms in total. The summed E-state index contributed by atoms with van der Waals surface area (Å²) in [6.07, 6.45) is 10.1. The summed E-state index contributed by atoms with van der Waals surface area (Å²) in [6, 6.07) is 1.71. The van der Waals surface area contributed by atoms with Crippen LogP contribution in [0.3, 0.4) is 0 Å². The molecule has 0 amide bonds. The molecule has 86 valence electrons. The van der Waals surface area contributed by atoms with E-state index in [0.29, 0.717) is 5.54 Å². The zero-order valence-corrected chi connectivity index (χ0v) is 9.97. The number of hydrogen-bond acceptors (Lipinski definition) is 2. The lowest BCUT2D eigenvalue weighted by Crippen LogP contribution is -2.64. The van der Waals surface area contributed by atoms with Gasteiger partial charge in [0, 0.05) is 30.7 Å². The van der Waals surface area contributed by atoms with E-state index in [1.165, 1.54) is 58.0 Å². The first-order valence-electron chi connectivity index (χ1n) is 6.80. The number of nitrogens with one attached hydrogen (secondary N) is 1. The standard InChI is InChI=1S/C13H24N2/c1-11-9-14-13(7-3-2-4-8-13)10-15(11)12-5-6-12/h11-12,14H,2-10H2,1H3. The van der Waals surface area contributed by atoms with Crippen molar-refractivity contribution in [3.63, 3.8) is 0 Å². The molecule has 1 N–H and O–H groups in total. The predicted octanol–water partition coefficient (Wildman–Crippen LogP) is 2.15. The van der Waals surface area contributed by atoms with E-state index in [-0.39, 0.29) is 0 Å². The third-order valence-electron chi connectivity index (χ3n) is 4.65. The molecule has 1 aliphatic heterocycles.